The zero-order valence-corrected chi connectivity index (χ0v) is 29.8. The number of benzene rings is 8. The Morgan fingerprint density at radius 3 is 1.93 bits per heavy atom. The van der Waals surface area contributed by atoms with E-state index in [1.54, 1.807) is 0 Å². The van der Waals surface area contributed by atoms with E-state index in [1.165, 1.54) is 42.4 Å². The van der Waals surface area contributed by atoms with Crippen molar-refractivity contribution in [2.24, 2.45) is 0 Å². The topological polar surface area (TPSA) is 42.4 Å². The zero-order valence-electron chi connectivity index (χ0n) is 28.9. The molecule has 0 spiro atoms. The maximum Gasteiger partial charge on any atom is 0.227 e. The molecule has 0 unspecified atom stereocenters. The molecule has 3 heterocycles. The molecule has 0 atom stereocenters. The molecule has 0 aliphatic carbocycles. The van der Waals surface area contributed by atoms with Crippen molar-refractivity contribution in [3.05, 3.63) is 182 Å². The molecule has 0 aliphatic heterocycles. The van der Waals surface area contributed by atoms with Crippen LogP contribution < -0.4 is 4.90 Å². The lowest BCUT2D eigenvalue weighted by molar-refractivity contribution is 0.620. The summed E-state index contributed by atoms with van der Waals surface area (Å²) in [5, 5.41) is 4.62. The molecule has 54 heavy (non-hydrogen) atoms. The highest BCUT2D eigenvalue weighted by Crippen LogP contribution is 2.44. The molecule has 0 saturated heterocycles. The quantitative estimate of drug-likeness (QED) is 0.172. The summed E-state index contributed by atoms with van der Waals surface area (Å²) in [6.07, 6.45) is 0. The Balaban J connectivity index is 1.05. The number of thiophene rings is 1. The second kappa shape index (κ2) is 12.3. The molecule has 8 aromatic carbocycles. The summed E-state index contributed by atoms with van der Waals surface area (Å²) in [5.74, 6) is 0.601. The van der Waals surface area contributed by atoms with Crippen LogP contribution in [-0.4, -0.2) is 4.98 Å². The minimum Gasteiger partial charge on any atom is -0.456 e. The number of nitrogens with zero attached hydrogens (tertiary/aromatic N) is 2. The van der Waals surface area contributed by atoms with E-state index in [-0.39, 0.29) is 0 Å². The lowest BCUT2D eigenvalue weighted by Gasteiger charge is -2.26. The minimum atomic E-state index is 0.601. The average Bonchev–Trinajstić information content (AvgIpc) is 3.94. The summed E-state index contributed by atoms with van der Waals surface area (Å²) < 4.78 is 15.4. The van der Waals surface area contributed by atoms with E-state index < -0.39 is 0 Å². The van der Waals surface area contributed by atoms with Gasteiger partial charge in [-0.15, -0.1) is 11.3 Å². The van der Waals surface area contributed by atoms with E-state index in [9.17, 15) is 0 Å². The molecule has 0 amide bonds. The SMILES string of the molecule is c1ccc(-c2ccc(N(c3cccc(-c4cccc5c4sc4ccccc45)c3)c3ccc4c(c3)oc3cc5nc(-c6ccccc6)oc5cc34)cc2)cc1. The fraction of sp³-hybridized carbons (Fsp3) is 0. The third kappa shape index (κ3) is 5.09. The summed E-state index contributed by atoms with van der Waals surface area (Å²) in [6.45, 7) is 0. The molecule has 5 heteroatoms. The number of anilines is 3. The van der Waals surface area contributed by atoms with E-state index in [0.29, 0.717) is 5.89 Å². The Bertz CT molecular complexity index is 3160. The molecular weight excluding hydrogens is 681 g/mol. The summed E-state index contributed by atoms with van der Waals surface area (Å²) in [6, 6.07) is 64.0. The Morgan fingerprint density at radius 1 is 0.407 bits per heavy atom. The third-order valence-electron chi connectivity index (χ3n) is 10.3. The maximum atomic E-state index is 6.58. The second-order valence-corrected chi connectivity index (χ2v) is 14.6. The lowest BCUT2D eigenvalue weighted by atomic mass is 10.0. The highest BCUT2D eigenvalue weighted by atomic mass is 32.1. The smallest absolute Gasteiger partial charge is 0.227 e. The number of aromatic nitrogens is 1. The molecule has 254 valence electrons. The number of fused-ring (bicyclic) bond motifs is 7. The van der Waals surface area contributed by atoms with Gasteiger partial charge in [-0.1, -0.05) is 109 Å². The van der Waals surface area contributed by atoms with E-state index in [2.05, 4.69) is 144 Å². The first-order valence-corrected chi connectivity index (χ1v) is 18.8. The largest absolute Gasteiger partial charge is 0.456 e. The Morgan fingerprint density at radius 2 is 1.07 bits per heavy atom. The average molecular weight is 711 g/mol. The van der Waals surface area contributed by atoms with Gasteiger partial charge in [-0.25, -0.2) is 4.98 Å². The van der Waals surface area contributed by atoms with Crippen LogP contribution in [0, 0.1) is 0 Å². The Labute approximate surface area is 314 Å². The number of furan rings is 1. The van der Waals surface area contributed by atoms with Gasteiger partial charge in [0.2, 0.25) is 5.89 Å². The van der Waals surface area contributed by atoms with Crippen LogP contribution in [0.1, 0.15) is 0 Å². The van der Waals surface area contributed by atoms with Crippen molar-refractivity contribution in [1.29, 1.82) is 0 Å². The summed E-state index contributed by atoms with van der Waals surface area (Å²) in [7, 11) is 0. The van der Waals surface area contributed by atoms with Crippen molar-refractivity contribution in [2.75, 3.05) is 4.90 Å². The van der Waals surface area contributed by atoms with Crippen molar-refractivity contribution in [3.8, 4) is 33.7 Å². The van der Waals surface area contributed by atoms with Crippen LogP contribution in [0.3, 0.4) is 0 Å². The summed E-state index contributed by atoms with van der Waals surface area (Å²) in [5.41, 5.74) is 11.9. The van der Waals surface area contributed by atoms with E-state index in [4.69, 9.17) is 13.8 Å². The van der Waals surface area contributed by atoms with Crippen LogP contribution in [-0.2, 0) is 0 Å². The molecule has 3 aromatic heterocycles. The monoisotopic (exact) mass is 710 g/mol. The summed E-state index contributed by atoms with van der Waals surface area (Å²) >= 11 is 1.86. The molecular formula is C49H30N2O2S. The molecule has 11 aromatic rings. The Kier molecular flexibility index (Phi) is 7.00. The van der Waals surface area contributed by atoms with Crippen LogP contribution in [0.15, 0.2) is 191 Å². The van der Waals surface area contributed by atoms with Gasteiger partial charge in [-0.05, 0) is 82.9 Å². The van der Waals surface area contributed by atoms with Gasteiger partial charge in [0.25, 0.3) is 0 Å². The highest BCUT2D eigenvalue weighted by Gasteiger charge is 2.19. The number of rotatable bonds is 6. The van der Waals surface area contributed by atoms with Crippen LogP contribution in [0.25, 0.3) is 86.9 Å². The van der Waals surface area contributed by atoms with Crippen LogP contribution >= 0.6 is 11.3 Å². The molecule has 4 nitrogen and oxygen atoms in total. The molecule has 0 aliphatic rings. The molecule has 0 radical (unpaired) electrons. The van der Waals surface area contributed by atoms with Crippen molar-refractivity contribution >= 4 is 81.6 Å². The van der Waals surface area contributed by atoms with Crippen LogP contribution in [0.4, 0.5) is 17.1 Å². The maximum absolute atomic E-state index is 6.58. The molecule has 11 rings (SSSR count). The normalized spacial score (nSPS) is 11.7. The zero-order chi connectivity index (χ0) is 35.6. The van der Waals surface area contributed by atoms with E-state index >= 15 is 0 Å². The predicted molar refractivity (Wildman–Crippen MR) is 225 cm³/mol. The molecule has 0 saturated carbocycles. The first-order valence-electron chi connectivity index (χ1n) is 18.0. The fourth-order valence-electron chi connectivity index (χ4n) is 7.70. The lowest BCUT2D eigenvalue weighted by Crippen LogP contribution is -2.10. The van der Waals surface area contributed by atoms with Crippen molar-refractivity contribution in [1.82, 2.24) is 4.98 Å². The first-order chi connectivity index (χ1) is 26.7. The highest BCUT2D eigenvalue weighted by molar-refractivity contribution is 7.26. The number of oxazole rings is 1. The fourth-order valence-corrected chi connectivity index (χ4v) is 8.94. The van der Waals surface area contributed by atoms with E-state index in [0.717, 1.165) is 55.7 Å². The van der Waals surface area contributed by atoms with Crippen molar-refractivity contribution < 1.29 is 8.83 Å². The van der Waals surface area contributed by atoms with Gasteiger partial charge < -0.3 is 13.7 Å². The number of hydrogen-bond donors (Lipinski definition) is 0. The third-order valence-corrected chi connectivity index (χ3v) is 11.5. The Hall–Kier alpha value is -6.95. The number of hydrogen-bond acceptors (Lipinski definition) is 5. The van der Waals surface area contributed by atoms with Gasteiger partial charge in [-0.2, -0.15) is 0 Å². The van der Waals surface area contributed by atoms with Crippen molar-refractivity contribution in [3.63, 3.8) is 0 Å². The van der Waals surface area contributed by atoms with Gasteiger partial charge in [-0.3, -0.25) is 0 Å². The molecule has 0 bridgehead atoms. The van der Waals surface area contributed by atoms with Gasteiger partial charge in [0, 0.05) is 65.7 Å². The minimum absolute atomic E-state index is 0.601. The van der Waals surface area contributed by atoms with Crippen molar-refractivity contribution in [2.45, 2.75) is 0 Å². The standard InChI is InChI=1S/C49H30N2O2S/c1-3-11-31(12-4-1)32-21-23-35(24-22-32)51(36-16-9-15-34(27-36)38-18-10-19-41-40-17-7-8-20-47(40)54-48(38)41)37-25-26-39-42-29-46-43(30-45(42)52-44(39)28-37)50-49(53-46)33-13-5-2-6-14-33/h1-30H. The molecule has 0 N–H and O–H groups in total. The van der Waals surface area contributed by atoms with Gasteiger partial charge >= 0.3 is 0 Å². The van der Waals surface area contributed by atoms with Gasteiger partial charge in [0.15, 0.2) is 5.58 Å². The van der Waals surface area contributed by atoms with Crippen LogP contribution in [0.2, 0.25) is 0 Å². The second-order valence-electron chi connectivity index (χ2n) is 13.6. The molecule has 0 fully saturated rings. The van der Waals surface area contributed by atoms with Gasteiger partial charge in [0.1, 0.15) is 16.7 Å². The van der Waals surface area contributed by atoms with Crippen LogP contribution in [0.5, 0.6) is 0 Å². The summed E-state index contributed by atoms with van der Waals surface area (Å²) in [4.78, 5) is 7.10. The van der Waals surface area contributed by atoms with E-state index in [1.807, 2.05) is 53.8 Å². The first kappa shape index (κ1) is 30.7. The predicted octanol–water partition coefficient (Wildman–Crippen LogP) is 14.6. The van der Waals surface area contributed by atoms with Gasteiger partial charge in [0.05, 0.1) is 0 Å².